The Kier molecular flexibility index (Phi) is 3.66. The molecule has 2 rings (SSSR count). The smallest absolute Gasteiger partial charge is 0.317 e. The van der Waals surface area contributed by atoms with Crippen molar-refractivity contribution in [2.45, 2.75) is 31.4 Å². The van der Waals surface area contributed by atoms with Crippen LogP contribution in [0.5, 0.6) is 0 Å². The third-order valence-corrected chi connectivity index (χ3v) is 3.35. The molecule has 2 aliphatic rings. The first-order valence-corrected chi connectivity index (χ1v) is 5.92. The number of nitrogens with one attached hydrogen (secondary N) is 1. The topological polar surface area (TPSA) is 61.8 Å². The first kappa shape index (κ1) is 11.7. The standard InChI is InChI=1S/C11H20N2O3/c1-13(6-8-4-10(14)5-8)11(15)12-9-2-3-16-7-9/h8-10,14H,2-7H2,1H3,(H,12,15). The summed E-state index contributed by atoms with van der Waals surface area (Å²) < 4.78 is 5.20. The van der Waals surface area contributed by atoms with E-state index in [1.54, 1.807) is 11.9 Å². The number of rotatable bonds is 3. The number of aliphatic hydroxyl groups is 1. The van der Waals surface area contributed by atoms with Crippen LogP contribution in [0.2, 0.25) is 0 Å². The van der Waals surface area contributed by atoms with Gasteiger partial charge in [-0.1, -0.05) is 0 Å². The zero-order valence-corrected chi connectivity index (χ0v) is 9.69. The maximum Gasteiger partial charge on any atom is 0.317 e. The summed E-state index contributed by atoms with van der Waals surface area (Å²) >= 11 is 0. The Hall–Kier alpha value is -0.810. The molecule has 0 aromatic rings. The highest BCUT2D eigenvalue weighted by Crippen LogP contribution is 2.27. The Morgan fingerprint density at radius 2 is 2.31 bits per heavy atom. The zero-order chi connectivity index (χ0) is 11.5. The number of amides is 2. The lowest BCUT2D eigenvalue weighted by molar-refractivity contribution is 0.0323. The van der Waals surface area contributed by atoms with Crippen LogP contribution in [0, 0.1) is 5.92 Å². The Balaban J connectivity index is 1.67. The van der Waals surface area contributed by atoms with E-state index in [0.29, 0.717) is 12.5 Å². The fourth-order valence-corrected chi connectivity index (χ4v) is 2.25. The van der Waals surface area contributed by atoms with Crippen molar-refractivity contribution < 1.29 is 14.6 Å². The van der Waals surface area contributed by atoms with Crippen LogP contribution in [0.4, 0.5) is 4.79 Å². The molecule has 1 aliphatic heterocycles. The van der Waals surface area contributed by atoms with Crippen LogP contribution in [0.15, 0.2) is 0 Å². The van der Waals surface area contributed by atoms with Gasteiger partial charge in [0.25, 0.3) is 0 Å². The van der Waals surface area contributed by atoms with Crippen molar-refractivity contribution in [2.24, 2.45) is 5.92 Å². The highest BCUT2D eigenvalue weighted by atomic mass is 16.5. The van der Waals surface area contributed by atoms with E-state index in [-0.39, 0.29) is 18.2 Å². The molecule has 1 saturated heterocycles. The quantitative estimate of drug-likeness (QED) is 0.724. The minimum absolute atomic E-state index is 0.0307. The molecule has 1 aliphatic carbocycles. The van der Waals surface area contributed by atoms with Crippen LogP contribution in [0.1, 0.15) is 19.3 Å². The minimum atomic E-state index is -0.148. The SMILES string of the molecule is CN(CC1CC(O)C1)C(=O)NC1CCOC1. The van der Waals surface area contributed by atoms with Gasteiger partial charge in [0.2, 0.25) is 0 Å². The Labute approximate surface area is 95.8 Å². The van der Waals surface area contributed by atoms with Gasteiger partial charge in [0.1, 0.15) is 0 Å². The van der Waals surface area contributed by atoms with Gasteiger partial charge in [-0.25, -0.2) is 4.79 Å². The zero-order valence-electron chi connectivity index (χ0n) is 9.69. The lowest BCUT2D eigenvalue weighted by Gasteiger charge is -2.34. The van der Waals surface area contributed by atoms with E-state index in [1.165, 1.54) is 0 Å². The third-order valence-electron chi connectivity index (χ3n) is 3.35. The summed E-state index contributed by atoms with van der Waals surface area (Å²) in [5, 5.41) is 12.1. The number of hydrogen-bond acceptors (Lipinski definition) is 3. The first-order valence-electron chi connectivity index (χ1n) is 5.92. The molecule has 0 radical (unpaired) electrons. The molecule has 2 amide bonds. The number of ether oxygens (including phenoxy) is 1. The van der Waals surface area contributed by atoms with Crippen molar-refractivity contribution in [3.05, 3.63) is 0 Å². The van der Waals surface area contributed by atoms with Crippen LogP contribution in [-0.2, 0) is 4.74 Å². The lowest BCUT2D eigenvalue weighted by atomic mass is 9.82. The van der Waals surface area contributed by atoms with Crippen molar-refractivity contribution >= 4 is 6.03 Å². The molecule has 16 heavy (non-hydrogen) atoms. The molecular weight excluding hydrogens is 208 g/mol. The van der Waals surface area contributed by atoms with Crippen LogP contribution >= 0.6 is 0 Å². The molecule has 1 unspecified atom stereocenters. The van der Waals surface area contributed by atoms with E-state index in [1.807, 2.05) is 0 Å². The Morgan fingerprint density at radius 1 is 1.56 bits per heavy atom. The molecular formula is C11H20N2O3. The largest absolute Gasteiger partial charge is 0.393 e. The molecule has 0 spiro atoms. The molecule has 1 heterocycles. The van der Waals surface area contributed by atoms with Crippen molar-refractivity contribution in [3.63, 3.8) is 0 Å². The van der Waals surface area contributed by atoms with E-state index < -0.39 is 0 Å². The predicted octanol–water partition coefficient (Wildman–Crippen LogP) is 0.188. The van der Waals surface area contributed by atoms with Gasteiger partial charge in [-0.15, -0.1) is 0 Å². The summed E-state index contributed by atoms with van der Waals surface area (Å²) in [7, 11) is 1.80. The van der Waals surface area contributed by atoms with E-state index in [4.69, 9.17) is 9.84 Å². The minimum Gasteiger partial charge on any atom is -0.393 e. The maximum atomic E-state index is 11.8. The maximum absolute atomic E-state index is 11.8. The average molecular weight is 228 g/mol. The summed E-state index contributed by atoms with van der Waals surface area (Å²) in [6.45, 7) is 2.10. The summed E-state index contributed by atoms with van der Waals surface area (Å²) in [4.78, 5) is 13.5. The first-order chi connectivity index (χ1) is 7.65. The van der Waals surface area contributed by atoms with E-state index >= 15 is 0 Å². The fourth-order valence-electron chi connectivity index (χ4n) is 2.25. The molecule has 2 N–H and O–H groups in total. The number of urea groups is 1. The molecule has 92 valence electrons. The van der Waals surface area contributed by atoms with Crippen molar-refractivity contribution in [1.29, 1.82) is 0 Å². The van der Waals surface area contributed by atoms with Gasteiger partial charge in [0.05, 0.1) is 18.8 Å². The molecule has 5 nitrogen and oxygen atoms in total. The summed E-state index contributed by atoms with van der Waals surface area (Å²) in [6.07, 6.45) is 2.40. The molecule has 0 aromatic carbocycles. The lowest BCUT2D eigenvalue weighted by Crippen LogP contribution is -2.47. The highest BCUT2D eigenvalue weighted by Gasteiger charge is 2.29. The van der Waals surface area contributed by atoms with E-state index in [2.05, 4.69) is 5.32 Å². The Bertz CT molecular complexity index is 248. The van der Waals surface area contributed by atoms with Gasteiger partial charge in [-0.3, -0.25) is 0 Å². The number of carbonyl (C=O) groups is 1. The molecule has 2 fully saturated rings. The van der Waals surface area contributed by atoms with Crippen molar-refractivity contribution in [1.82, 2.24) is 10.2 Å². The highest BCUT2D eigenvalue weighted by molar-refractivity contribution is 5.74. The second-order valence-electron chi connectivity index (χ2n) is 4.88. The second kappa shape index (κ2) is 5.01. The van der Waals surface area contributed by atoms with Crippen molar-refractivity contribution in [3.8, 4) is 0 Å². The monoisotopic (exact) mass is 228 g/mol. The van der Waals surface area contributed by atoms with Crippen LogP contribution in [0.25, 0.3) is 0 Å². The number of hydrogen-bond donors (Lipinski definition) is 2. The Morgan fingerprint density at radius 3 is 2.88 bits per heavy atom. The van der Waals surface area contributed by atoms with Crippen LogP contribution in [-0.4, -0.2) is 55.0 Å². The molecule has 1 atom stereocenters. The van der Waals surface area contributed by atoms with E-state index in [0.717, 1.165) is 32.4 Å². The van der Waals surface area contributed by atoms with E-state index in [9.17, 15) is 4.79 Å². The predicted molar refractivity (Wildman–Crippen MR) is 59.1 cm³/mol. The molecule has 5 heteroatoms. The fraction of sp³-hybridized carbons (Fsp3) is 0.909. The molecule has 1 saturated carbocycles. The average Bonchev–Trinajstić information content (AvgIpc) is 2.68. The number of nitrogens with zero attached hydrogens (tertiary/aromatic N) is 1. The van der Waals surface area contributed by atoms with Gasteiger partial charge >= 0.3 is 6.03 Å². The van der Waals surface area contributed by atoms with Crippen LogP contribution < -0.4 is 5.32 Å². The number of aliphatic hydroxyl groups excluding tert-OH is 1. The van der Waals surface area contributed by atoms with Gasteiger partial charge in [-0.05, 0) is 25.2 Å². The summed E-state index contributed by atoms with van der Waals surface area (Å²) in [6, 6.07) is 0.138. The third kappa shape index (κ3) is 2.86. The number of carbonyl (C=O) groups excluding carboxylic acids is 1. The normalized spacial score (nSPS) is 33.2. The van der Waals surface area contributed by atoms with Crippen molar-refractivity contribution in [2.75, 3.05) is 26.8 Å². The van der Waals surface area contributed by atoms with Gasteiger partial charge in [0, 0.05) is 20.2 Å². The van der Waals surface area contributed by atoms with Gasteiger partial charge in [-0.2, -0.15) is 0 Å². The molecule has 0 aromatic heterocycles. The summed E-state index contributed by atoms with van der Waals surface area (Å²) in [5.41, 5.74) is 0. The van der Waals surface area contributed by atoms with Gasteiger partial charge in [0.15, 0.2) is 0 Å². The van der Waals surface area contributed by atoms with Gasteiger partial charge < -0.3 is 20.1 Å². The van der Waals surface area contributed by atoms with Crippen LogP contribution in [0.3, 0.4) is 0 Å². The molecule has 0 bridgehead atoms. The summed E-state index contributed by atoms with van der Waals surface area (Å²) in [5.74, 6) is 0.463. The second-order valence-corrected chi connectivity index (χ2v) is 4.88.